The van der Waals surface area contributed by atoms with Crippen molar-refractivity contribution in [3.63, 3.8) is 0 Å². The third-order valence-corrected chi connectivity index (χ3v) is 7.56. The molecule has 1 heterocycles. The number of hydrogen-bond donors (Lipinski definition) is 1. The van der Waals surface area contributed by atoms with Crippen LogP contribution in [0.3, 0.4) is 0 Å². The maximum Gasteiger partial charge on any atom is 0.199 e. The number of aliphatic hydroxyl groups is 1. The van der Waals surface area contributed by atoms with E-state index >= 15 is 0 Å². The molecule has 0 saturated carbocycles. The minimum Gasteiger partial charge on any atom is -0.392 e. The molecule has 2 atom stereocenters. The number of unbranched alkanes of at least 4 members (excludes halogenated alkanes) is 2. The van der Waals surface area contributed by atoms with Crippen molar-refractivity contribution in [3.8, 4) is 0 Å². The fourth-order valence-corrected chi connectivity index (χ4v) is 6.36. The maximum atomic E-state index is 9.61. The predicted molar refractivity (Wildman–Crippen MR) is 66.2 cm³/mol. The zero-order chi connectivity index (χ0) is 11.1. The van der Waals surface area contributed by atoms with Crippen LogP contribution in [0.25, 0.3) is 0 Å². The second kappa shape index (κ2) is 6.46. The Kier molecular flexibility index (Phi) is 5.57. The first-order chi connectivity index (χ1) is 7.22. The Labute approximate surface area is 94.5 Å². The molecule has 2 nitrogen and oxygen atoms in total. The van der Waals surface area contributed by atoms with Gasteiger partial charge in [-0.25, -0.2) is 0 Å². The van der Waals surface area contributed by atoms with E-state index in [1.54, 1.807) is 0 Å². The quantitative estimate of drug-likeness (QED) is 0.429. The van der Waals surface area contributed by atoms with E-state index in [4.69, 9.17) is 4.43 Å². The minimum absolute atomic E-state index is 0.494. The summed E-state index contributed by atoms with van der Waals surface area (Å²) < 4.78 is 5.88. The molecule has 0 spiro atoms. The van der Waals surface area contributed by atoms with Crippen molar-refractivity contribution in [2.24, 2.45) is 0 Å². The molecule has 0 aliphatic carbocycles. The van der Waals surface area contributed by atoms with Crippen LogP contribution in [0, 0.1) is 0 Å². The van der Waals surface area contributed by atoms with Crippen LogP contribution >= 0.6 is 0 Å². The Hall–Kier alpha value is -0.123. The largest absolute Gasteiger partial charge is 0.392 e. The Morgan fingerprint density at radius 3 is 2.93 bits per heavy atom. The number of rotatable bonds is 6. The highest BCUT2D eigenvalue weighted by molar-refractivity contribution is 6.74. The lowest BCUT2D eigenvalue weighted by atomic mass is 10.3. The molecule has 88 valence electrons. The van der Waals surface area contributed by atoms with Gasteiger partial charge in [-0.1, -0.05) is 32.3 Å². The van der Waals surface area contributed by atoms with Gasteiger partial charge in [-0.15, -0.1) is 6.58 Å². The Morgan fingerprint density at radius 2 is 2.33 bits per heavy atom. The van der Waals surface area contributed by atoms with Crippen LogP contribution < -0.4 is 0 Å². The van der Waals surface area contributed by atoms with Gasteiger partial charge in [0, 0.05) is 0 Å². The van der Waals surface area contributed by atoms with Crippen molar-refractivity contribution in [3.05, 3.63) is 12.7 Å². The third kappa shape index (κ3) is 4.09. The third-order valence-electron chi connectivity index (χ3n) is 3.22. The zero-order valence-electron chi connectivity index (χ0n) is 9.87. The monoisotopic (exact) mass is 228 g/mol. The molecule has 1 rings (SSSR count). The second-order valence-corrected chi connectivity index (χ2v) is 8.61. The first-order valence-electron chi connectivity index (χ1n) is 6.19. The summed E-state index contributed by atoms with van der Waals surface area (Å²) in [6.07, 6.45) is 7.23. The van der Waals surface area contributed by atoms with E-state index in [0.29, 0.717) is 0 Å². The molecule has 15 heavy (non-hydrogen) atoms. The topological polar surface area (TPSA) is 29.5 Å². The molecule has 0 aromatic heterocycles. The van der Waals surface area contributed by atoms with E-state index in [2.05, 4.69) is 13.5 Å². The number of aliphatic hydroxyl groups excluding tert-OH is 1. The smallest absolute Gasteiger partial charge is 0.199 e. The molecule has 0 amide bonds. The van der Waals surface area contributed by atoms with Gasteiger partial charge in [0.2, 0.25) is 0 Å². The van der Waals surface area contributed by atoms with E-state index < -0.39 is 14.6 Å². The molecule has 1 fully saturated rings. The minimum atomic E-state index is -1.65. The first kappa shape index (κ1) is 12.9. The summed E-state index contributed by atoms with van der Waals surface area (Å²) in [4.78, 5) is 0. The van der Waals surface area contributed by atoms with Crippen molar-refractivity contribution >= 4 is 8.32 Å². The highest BCUT2D eigenvalue weighted by Gasteiger charge is 2.38. The predicted octanol–water partition coefficient (Wildman–Crippen LogP) is 3.44. The van der Waals surface area contributed by atoms with Crippen molar-refractivity contribution in [2.75, 3.05) is 0 Å². The molecular formula is C12H24O2Si. The molecular weight excluding hydrogens is 204 g/mol. The van der Waals surface area contributed by atoms with E-state index in [1.165, 1.54) is 31.4 Å². The van der Waals surface area contributed by atoms with Gasteiger partial charge >= 0.3 is 0 Å². The summed E-state index contributed by atoms with van der Waals surface area (Å²) in [5, 5.41) is 9.61. The fourth-order valence-electron chi connectivity index (χ4n) is 2.40. The fraction of sp³-hybridized carbons (Fsp3) is 0.833. The Balaban J connectivity index is 2.48. The van der Waals surface area contributed by atoms with Crippen molar-refractivity contribution < 1.29 is 9.53 Å². The average Bonchev–Trinajstić information content (AvgIpc) is 2.18. The highest BCUT2D eigenvalue weighted by Crippen LogP contribution is 2.33. The van der Waals surface area contributed by atoms with Crippen molar-refractivity contribution in [1.29, 1.82) is 0 Å². The van der Waals surface area contributed by atoms with E-state index in [-0.39, 0.29) is 0 Å². The maximum absolute atomic E-state index is 9.61. The molecule has 0 radical (unpaired) electrons. The van der Waals surface area contributed by atoms with E-state index in [0.717, 1.165) is 18.9 Å². The molecule has 3 heteroatoms. The van der Waals surface area contributed by atoms with Crippen LogP contribution in [0.1, 0.15) is 39.0 Å². The van der Waals surface area contributed by atoms with Gasteiger partial charge in [-0.05, 0) is 31.0 Å². The summed E-state index contributed by atoms with van der Waals surface area (Å²) in [5.41, 5.74) is 0. The molecule has 1 saturated heterocycles. The van der Waals surface area contributed by atoms with Gasteiger partial charge in [0.1, 0.15) is 6.29 Å². The molecule has 1 N–H and O–H groups in total. The summed E-state index contributed by atoms with van der Waals surface area (Å²) in [6, 6.07) is 3.41. The zero-order valence-corrected chi connectivity index (χ0v) is 10.9. The molecule has 0 aromatic rings. The normalized spacial score (nSPS) is 31.5. The van der Waals surface area contributed by atoms with Crippen molar-refractivity contribution in [1.82, 2.24) is 0 Å². The lowest BCUT2D eigenvalue weighted by Gasteiger charge is -2.37. The second-order valence-electron chi connectivity index (χ2n) is 4.60. The molecule has 1 aliphatic heterocycles. The lowest BCUT2D eigenvalue weighted by molar-refractivity contribution is -0.0426. The summed E-state index contributed by atoms with van der Waals surface area (Å²) in [6.45, 7) is 6.05. The number of hydrogen-bond acceptors (Lipinski definition) is 2. The molecule has 0 aromatic carbocycles. The summed E-state index contributed by atoms with van der Waals surface area (Å²) in [7, 11) is -1.65. The Morgan fingerprint density at radius 1 is 1.53 bits per heavy atom. The lowest BCUT2D eigenvalue weighted by Crippen LogP contribution is -2.44. The van der Waals surface area contributed by atoms with Crippen LogP contribution in [0.4, 0.5) is 0 Å². The van der Waals surface area contributed by atoms with Crippen LogP contribution in [0.15, 0.2) is 12.7 Å². The molecule has 0 bridgehead atoms. The van der Waals surface area contributed by atoms with Gasteiger partial charge in [-0.2, -0.15) is 0 Å². The van der Waals surface area contributed by atoms with Crippen LogP contribution in [-0.2, 0) is 4.43 Å². The van der Waals surface area contributed by atoms with E-state index in [9.17, 15) is 5.11 Å². The van der Waals surface area contributed by atoms with Crippen LogP contribution in [0.2, 0.25) is 18.1 Å². The number of allylic oxidation sites excluding steroid dienone is 1. The highest BCUT2D eigenvalue weighted by atomic mass is 28.4. The summed E-state index contributed by atoms with van der Waals surface area (Å²) in [5.74, 6) is 0. The van der Waals surface area contributed by atoms with Gasteiger partial charge < -0.3 is 9.53 Å². The van der Waals surface area contributed by atoms with Gasteiger partial charge in [0.25, 0.3) is 0 Å². The van der Waals surface area contributed by atoms with E-state index in [1.807, 2.05) is 6.08 Å². The average molecular weight is 228 g/mol. The molecule has 2 unspecified atom stereocenters. The van der Waals surface area contributed by atoms with Gasteiger partial charge in [-0.3, -0.25) is 0 Å². The van der Waals surface area contributed by atoms with Crippen LogP contribution in [-0.4, -0.2) is 19.7 Å². The first-order valence-corrected chi connectivity index (χ1v) is 8.72. The summed E-state index contributed by atoms with van der Waals surface area (Å²) >= 11 is 0. The van der Waals surface area contributed by atoms with Crippen molar-refractivity contribution in [2.45, 2.75) is 63.5 Å². The van der Waals surface area contributed by atoms with Gasteiger partial charge in [0.05, 0.1) is 0 Å². The molecule has 1 aliphatic rings. The standard InChI is InChI=1S/C12H24O2Si/c1-3-5-6-10-15(9-4-2)11-7-8-12(13)14-15/h4,12-13H,2-3,5-11H2,1H3. The Bertz CT molecular complexity index is 196. The van der Waals surface area contributed by atoms with Gasteiger partial charge in [0.15, 0.2) is 8.32 Å². The SMILES string of the molecule is C=CC[Si]1(CCCCC)CCCC(O)O1. The van der Waals surface area contributed by atoms with Crippen LogP contribution in [0.5, 0.6) is 0 Å².